The summed E-state index contributed by atoms with van der Waals surface area (Å²) in [4.78, 5) is 14.4. The van der Waals surface area contributed by atoms with E-state index in [4.69, 9.17) is 16.6 Å². The maximum Gasteiger partial charge on any atom is 0.269 e. The standard InChI is InChI=1S/C12H7NO2S/c14-11-10-8-4-2-1-3-7(8)5-6-9(10)15-12(16)13-11/h1-6H,(H,13,14,16). The minimum absolute atomic E-state index is 0.104. The van der Waals surface area contributed by atoms with E-state index in [-0.39, 0.29) is 10.4 Å². The predicted octanol–water partition coefficient (Wildman–Crippen LogP) is 3.00. The van der Waals surface area contributed by atoms with Gasteiger partial charge < -0.3 is 4.42 Å². The summed E-state index contributed by atoms with van der Waals surface area (Å²) in [6, 6.07) is 11.4. The molecule has 3 rings (SSSR count). The summed E-state index contributed by atoms with van der Waals surface area (Å²) in [7, 11) is 0. The van der Waals surface area contributed by atoms with Crippen molar-refractivity contribution in [1.29, 1.82) is 0 Å². The lowest BCUT2D eigenvalue weighted by Gasteiger charge is -2.00. The molecular formula is C12H7NO2S. The van der Waals surface area contributed by atoms with E-state index < -0.39 is 0 Å². The first-order chi connectivity index (χ1) is 7.75. The van der Waals surface area contributed by atoms with Gasteiger partial charge in [0.2, 0.25) is 0 Å². The van der Waals surface area contributed by atoms with E-state index in [0.29, 0.717) is 11.0 Å². The molecule has 0 fully saturated rings. The molecule has 0 saturated carbocycles. The number of fused-ring (bicyclic) bond motifs is 3. The van der Waals surface area contributed by atoms with Crippen LogP contribution in [0.3, 0.4) is 0 Å². The third kappa shape index (κ3) is 1.27. The number of benzene rings is 2. The molecule has 0 spiro atoms. The second-order valence-electron chi connectivity index (χ2n) is 3.50. The minimum Gasteiger partial charge on any atom is -0.431 e. The van der Waals surface area contributed by atoms with E-state index >= 15 is 0 Å². The fourth-order valence-corrected chi connectivity index (χ4v) is 2.03. The van der Waals surface area contributed by atoms with Crippen LogP contribution in [0.2, 0.25) is 0 Å². The fraction of sp³-hybridized carbons (Fsp3) is 0. The van der Waals surface area contributed by atoms with Crippen molar-refractivity contribution >= 4 is 34.0 Å². The summed E-state index contributed by atoms with van der Waals surface area (Å²) < 4.78 is 5.31. The van der Waals surface area contributed by atoms with Crippen molar-refractivity contribution in [3.63, 3.8) is 0 Å². The fourth-order valence-electron chi connectivity index (χ4n) is 1.85. The number of nitrogens with one attached hydrogen (secondary N) is 1. The highest BCUT2D eigenvalue weighted by Gasteiger charge is 2.05. The van der Waals surface area contributed by atoms with E-state index in [0.717, 1.165) is 10.8 Å². The van der Waals surface area contributed by atoms with E-state index in [1.165, 1.54) is 0 Å². The second-order valence-corrected chi connectivity index (χ2v) is 3.87. The van der Waals surface area contributed by atoms with Crippen LogP contribution in [0.4, 0.5) is 0 Å². The maximum atomic E-state index is 11.8. The lowest BCUT2D eigenvalue weighted by atomic mass is 10.1. The quantitative estimate of drug-likeness (QED) is 0.476. The Balaban J connectivity index is 2.71. The molecular weight excluding hydrogens is 222 g/mol. The van der Waals surface area contributed by atoms with Crippen LogP contribution in [0.5, 0.6) is 0 Å². The van der Waals surface area contributed by atoms with E-state index in [1.54, 1.807) is 6.07 Å². The average Bonchev–Trinajstić information content (AvgIpc) is 2.28. The number of aromatic amines is 1. The Labute approximate surface area is 95.3 Å². The first-order valence-electron chi connectivity index (χ1n) is 4.80. The molecule has 0 aliphatic carbocycles. The van der Waals surface area contributed by atoms with Gasteiger partial charge in [0.05, 0.1) is 5.39 Å². The van der Waals surface area contributed by atoms with Gasteiger partial charge in [-0.1, -0.05) is 30.3 Å². The summed E-state index contributed by atoms with van der Waals surface area (Å²) in [5.41, 5.74) is 0.315. The molecule has 3 aromatic rings. The van der Waals surface area contributed by atoms with E-state index in [2.05, 4.69) is 4.98 Å². The molecule has 4 heteroatoms. The van der Waals surface area contributed by atoms with E-state index in [1.807, 2.05) is 30.3 Å². The van der Waals surface area contributed by atoms with E-state index in [9.17, 15) is 4.79 Å². The third-order valence-electron chi connectivity index (χ3n) is 2.54. The molecule has 1 heterocycles. The van der Waals surface area contributed by atoms with Crippen LogP contribution in [0, 0.1) is 4.84 Å². The molecule has 3 nitrogen and oxygen atoms in total. The van der Waals surface area contributed by atoms with Crippen molar-refractivity contribution in [2.24, 2.45) is 0 Å². The van der Waals surface area contributed by atoms with Gasteiger partial charge in [-0.2, -0.15) is 0 Å². The van der Waals surface area contributed by atoms with Crippen LogP contribution in [-0.2, 0) is 0 Å². The molecule has 16 heavy (non-hydrogen) atoms. The zero-order valence-electron chi connectivity index (χ0n) is 8.19. The smallest absolute Gasteiger partial charge is 0.269 e. The molecule has 0 amide bonds. The van der Waals surface area contributed by atoms with Crippen molar-refractivity contribution in [3.05, 3.63) is 51.6 Å². The minimum atomic E-state index is -0.206. The van der Waals surface area contributed by atoms with Crippen LogP contribution in [0.25, 0.3) is 21.7 Å². The topological polar surface area (TPSA) is 46.0 Å². The molecule has 0 bridgehead atoms. The predicted molar refractivity (Wildman–Crippen MR) is 65.2 cm³/mol. The lowest BCUT2D eigenvalue weighted by molar-refractivity contribution is 0.557. The Morgan fingerprint density at radius 2 is 1.94 bits per heavy atom. The molecule has 0 aliphatic heterocycles. The Morgan fingerprint density at radius 3 is 2.81 bits per heavy atom. The normalized spacial score (nSPS) is 11.0. The third-order valence-corrected chi connectivity index (χ3v) is 2.72. The lowest BCUT2D eigenvalue weighted by Crippen LogP contribution is -2.05. The number of aromatic nitrogens is 1. The summed E-state index contributed by atoms with van der Waals surface area (Å²) in [6.07, 6.45) is 0. The largest absolute Gasteiger partial charge is 0.431 e. The van der Waals surface area contributed by atoms with Gasteiger partial charge in [0.1, 0.15) is 5.58 Å². The van der Waals surface area contributed by atoms with Crippen molar-refractivity contribution in [1.82, 2.24) is 4.98 Å². The molecule has 0 saturated heterocycles. The van der Waals surface area contributed by atoms with Crippen LogP contribution in [-0.4, -0.2) is 4.98 Å². The summed E-state index contributed by atoms with van der Waals surface area (Å²) >= 11 is 4.83. The van der Waals surface area contributed by atoms with Crippen LogP contribution in [0.1, 0.15) is 0 Å². The van der Waals surface area contributed by atoms with Gasteiger partial charge in [-0.15, -0.1) is 0 Å². The molecule has 2 aromatic carbocycles. The Hall–Kier alpha value is -1.94. The molecule has 1 aromatic heterocycles. The van der Waals surface area contributed by atoms with Gasteiger partial charge in [0, 0.05) is 0 Å². The molecule has 1 N–H and O–H groups in total. The SMILES string of the molecule is O=c1[nH]c(=S)oc2ccc3ccccc3c12. The highest BCUT2D eigenvalue weighted by atomic mass is 32.1. The van der Waals surface area contributed by atoms with Gasteiger partial charge in [-0.25, -0.2) is 0 Å². The Morgan fingerprint density at radius 1 is 1.12 bits per heavy atom. The Kier molecular flexibility index (Phi) is 1.91. The molecule has 78 valence electrons. The summed E-state index contributed by atoms with van der Waals surface area (Å²) in [6.45, 7) is 0. The zero-order chi connectivity index (χ0) is 11.1. The maximum absolute atomic E-state index is 11.8. The molecule has 0 aliphatic rings. The van der Waals surface area contributed by atoms with Crippen molar-refractivity contribution in [2.45, 2.75) is 0 Å². The number of hydrogen-bond donors (Lipinski definition) is 1. The van der Waals surface area contributed by atoms with Gasteiger partial charge in [0.25, 0.3) is 10.4 Å². The number of hydrogen-bond acceptors (Lipinski definition) is 3. The van der Waals surface area contributed by atoms with Gasteiger partial charge in [0.15, 0.2) is 0 Å². The second kappa shape index (κ2) is 3.28. The first kappa shape index (κ1) is 9.30. The monoisotopic (exact) mass is 229 g/mol. The van der Waals surface area contributed by atoms with Crippen LogP contribution in [0.15, 0.2) is 45.6 Å². The van der Waals surface area contributed by atoms with Gasteiger partial charge >= 0.3 is 0 Å². The van der Waals surface area contributed by atoms with Gasteiger partial charge in [-0.05, 0) is 29.1 Å². The van der Waals surface area contributed by atoms with Crippen LogP contribution >= 0.6 is 12.2 Å². The molecule has 0 unspecified atom stereocenters. The van der Waals surface area contributed by atoms with Crippen molar-refractivity contribution < 1.29 is 4.42 Å². The first-order valence-corrected chi connectivity index (χ1v) is 5.21. The molecule has 0 atom stereocenters. The van der Waals surface area contributed by atoms with Crippen molar-refractivity contribution in [2.75, 3.05) is 0 Å². The zero-order valence-corrected chi connectivity index (χ0v) is 9.01. The number of rotatable bonds is 0. The van der Waals surface area contributed by atoms with Gasteiger partial charge in [-0.3, -0.25) is 9.78 Å². The average molecular weight is 229 g/mol. The number of H-pyrrole nitrogens is 1. The molecule has 0 radical (unpaired) electrons. The van der Waals surface area contributed by atoms with Crippen LogP contribution < -0.4 is 5.56 Å². The highest BCUT2D eigenvalue weighted by Crippen LogP contribution is 2.21. The Bertz CT molecular complexity index is 801. The highest BCUT2D eigenvalue weighted by molar-refractivity contribution is 7.71. The summed E-state index contributed by atoms with van der Waals surface area (Å²) in [5.74, 6) is 0. The summed E-state index contributed by atoms with van der Waals surface area (Å²) in [5, 5.41) is 2.43. The van der Waals surface area contributed by atoms with Crippen molar-refractivity contribution in [3.8, 4) is 0 Å².